The third-order valence-electron chi connectivity index (χ3n) is 3.13. The molecule has 3 aromatic heterocycles. The van der Waals surface area contributed by atoms with Crippen molar-refractivity contribution in [2.45, 2.75) is 26.3 Å². The van der Waals surface area contributed by atoms with Crippen LogP contribution in [0, 0.1) is 0 Å². The summed E-state index contributed by atoms with van der Waals surface area (Å²) >= 11 is 0. The maximum atomic E-state index is 4.63. The third kappa shape index (κ3) is 2.94. The van der Waals surface area contributed by atoms with Gasteiger partial charge in [0.05, 0.1) is 6.20 Å². The molecule has 3 rings (SSSR count). The second kappa shape index (κ2) is 6.21. The molecule has 0 amide bonds. The Balaban J connectivity index is 2.03. The molecule has 0 fully saturated rings. The van der Waals surface area contributed by atoms with E-state index in [0.29, 0.717) is 5.82 Å². The van der Waals surface area contributed by atoms with Crippen LogP contribution >= 0.6 is 0 Å². The molecule has 0 saturated heterocycles. The molecule has 0 bridgehead atoms. The number of nitrogens with zero attached hydrogens (tertiary/aromatic N) is 6. The number of aryl methyl sites for hydroxylation is 1. The van der Waals surface area contributed by atoms with E-state index in [2.05, 4.69) is 32.0 Å². The van der Waals surface area contributed by atoms with E-state index in [1.807, 2.05) is 16.8 Å². The summed E-state index contributed by atoms with van der Waals surface area (Å²) in [5, 5.41) is 4.60. The first-order valence-corrected chi connectivity index (χ1v) is 7.00. The normalized spacial score (nSPS) is 10.7. The van der Waals surface area contributed by atoms with Crippen LogP contribution in [-0.4, -0.2) is 29.7 Å². The average molecular weight is 280 g/mol. The van der Waals surface area contributed by atoms with E-state index in [9.17, 15) is 0 Å². The zero-order chi connectivity index (χ0) is 14.5. The second-order valence-corrected chi connectivity index (χ2v) is 4.66. The molecule has 106 valence electrons. The van der Waals surface area contributed by atoms with Crippen LogP contribution in [0.4, 0.5) is 0 Å². The van der Waals surface area contributed by atoms with Crippen LogP contribution in [0.1, 0.15) is 19.8 Å². The molecule has 3 heterocycles. The summed E-state index contributed by atoms with van der Waals surface area (Å²) < 4.78 is 1.91. The molecule has 21 heavy (non-hydrogen) atoms. The minimum absolute atomic E-state index is 0.689. The van der Waals surface area contributed by atoms with Crippen molar-refractivity contribution < 1.29 is 0 Å². The largest absolute Gasteiger partial charge is 0.265 e. The molecule has 6 heteroatoms. The maximum Gasteiger partial charge on any atom is 0.181 e. The van der Waals surface area contributed by atoms with Crippen molar-refractivity contribution in [1.82, 2.24) is 29.7 Å². The zero-order valence-electron chi connectivity index (χ0n) is 11.8. The Labute approximate surface area is 122 Å². The molecular weight excluding hydrogens is 264 g/mol. The van der Waals surface area contributed by atoms with Gasteiger partial charge in [-0.1, -0.05) is 13.3 Å². The molecule has 3 aromatic rings. The van der Waals surface area contributed by atoms with Crippen molar-refractivity contribution in [2.24, 2.45) is 0 Å². The van der Waals surface area contributed by atoms with Gasteiger partial charge in [-0.2, -0.15) is 5.10 Å². The van der Waals surface area contributed by atoms with Gasteiger partial charge in [0.25, 0.3) is 0 Å². The van der Waals surface area contributed by atoms with E-state index in [-0.39, 0.29) is 0 Å². The van der Waals surface area contributed by atoms with Gasteiger partial charge in [-0.3, -0.25) is 9.97 Å². The first-order chi connectivity index (χ1) is 10.4. The molecule has 0 N–H and O–H groups in total. The minimum atomic E-state index is 0.689. The highest BCUT2D eigenvalue weighted by Crippen LogP contribution is 2.20. The van der Waals surface area contributed by atoms with Crippen molar-refractivity contribution in [1.29, 1.82) is 0 Å². The van der Waals surface area contributed by atoms with Crippen LogP contribution in [0.25, 0.3) is 22.9 Å². The van der Waals surface area contributed by atoms with Crippen LogP contribution in [0.3, 0.4) is 0 Å². The van der Waals surface area contributed by atoms with Gasteiger partial charge in [-0.05, 0) is 18.6 Å². The van der Waals surface area contributed by atoms with Gasteiger partial charge in [0, 0.05) is 36.9 Å². The SMILES string of the molecule is CCCCn1nc(-c2ccncc2)nc1-c1cnccn1. The summed E-state index contributed by atoms with van der Waals surface area (Å²) in [6.07, 6.45) is 10.7. The topological polar surface area (TPSA) is 69.4 Å². The number of rotatable bonds is 5. The zero-order valence-corrected chi connectivity index (χ0v) is 11.8. The lowest BCUT2D eigenvalue weighted by Crippen LogP contribution is -2.03. The van der Waals surface area contributed by atoms with Crippen LogP contribution in [0.5, 0.6) is 0 Å². The molecule has 0 atom stereocenters. The lowest BCUT2D eigenvalue weighted by Gasteiger charge is -2.03. The summed E-state index contributed by atoms with van der Waals surface area (Å²) in [6, 6.07) is 3.81. The van der Waals surface area contributed by atoms with Gasteiger partial charge in [-0.25, -0.2) is 14.6 Å². The number of pyridine rings is 1. The fourth-order valence-electron chi connectivity index (χ4n) is 2.03. The van der Waals surface area contributed by atoms with Crippen molar-refractivity contribution >= 4 is 0 Å². The first kappa shape index (κ1) is 13.4. The van der Waals surface area contributed by atoms with E-state index in [1.54, 1.807) is 31.0 Å². The summed E-state index contributed by atoms with van der Waals surface area (Å²) in [4.78, 5) is 17.1. The van der Waals surface area contributed by atoms with Crippen LogP contribution in [0.15, 0.2) is 43.1 Å². The van der Waals surface area contributed by atoms with Crippen molar-refractivity contribution in [3.63, 3.8) is 0 Å². The summed E-state index contributed by atoms with van der Waals surface area (Å²) in [5.74, 6) is 1.44. The monoisotopic (exact) mass is 280 g/mol. The molecule has 6 nitrogen and oxygen atoms in total. The predicted molar refractivity (Wildman–Crippen MR) is 79.2 cm³/mol. The molecule has 0 aliphatic heterocycles. The van der Waals surface area contributed by atoms with Gasteiger partial charge in [-0.15, -0.1) is 0 Å². The summed E-state index contributed by atoms with van der Waals surface area (Å²) in [5.41, 5.74) is 1.69. The fraction of sp³-hybridized carbons (Fsp3) is 0.267. The van der Waals surface area contributed by atoms with E-state index in [4.69, 9.17) is 0 Å². The first-order valence-electron chi connectivity index (χ1n) is 7.00. The van der Waals surface area contributed by atoms with Gasteiger partial charge in [0.1, 0.15) is 5.69 Å². The van der Waals surface area contributed by atoms with E-state index < -0.39 is 0 Å². The Hall–Kier alpha value is -2.63. The lowest BCUT2D eigenvalue weighted by atomic mass is 10.2. The lowest BCUT2D eigenvalue weighted by molar-refractivity contribution is 0.576. The molecule has 0 aliphatic rings. The molecule has 0 radical (unpaired) electrons. The van der Waals surface area contributed by atoms with Crippen LogP contribution in [-0.2, 0) is 6.54 Å². The molecule has 0 spiro atoms. The van der Waals surface area contributed by atoms with E-state index >= 15 is 0 Å². The van der Waals surface area contributed by atoms with Gasteiger partial charge in [0.2, 0.25) is 0 Å². The number of hydrogen-bond acceptors (Lipinski definition) is 5. The number of hydrogen-bond donors (Lipinski definition) is 0. The Kier molecular flexibility index (Phi) is 3.95. The van der Waals surface area contributed by atoms with Gasteiger partial charge < -0.3 is 0 Å². The molecule has 0 aromatic carbocycles. The Morgan fingerprint density at radius 1 is 1.05 bits per heavy atom. The van der Waals surface area contributed by atoms with Crippen LogP contribution in [0.2, 0.25) is 0 Å². The standard InChI is InChI=1S/C15H16N6/c1-2-3-10-21-15(13-11-17-8-9-18-13)19-14(20-21)12-4-6-16-7-5-12/h4-9,11H,2-3,10H2,1H3. The summed E-state index contributed by atoms with van der Waals surface area (Å²) in [7, 11) is 0. The van der Waals surface area contributed by atoms with Crippen molar-refractivity contribution in [2.75, 3.05) is 0 Å². The Bertz CT molecular complexity index is 693. The van der Waals surface area contributed by atoms with Gasteiger partial charge >= 0.3 is 0 Å². The van der Waals surface area contributed by atoms with Crippen LogP contribution < -0.4 is 0 Å². The van der Waals surface area contributed by atoms with Crippen molar-refractivity contribution in [3.05, 3.63) is 43.1 Å². The maximum absolute atomic E-state index is 4.63. The Morgan fingerprint density at radius 2 is 1.90 bits per heavy atom. The molecule has 0 aliphatic carbocycles. The summed E-state index contributed by atoms with van der Waals surface area (Å²) in [6.45, 7) is 2.98. The number of unbranched alkanes of at least 4 members (excludes halogenated alkanes) is 1. The second-order valence-electron chi connectivity index (χ2n) is 4.66. The van der Waals surface area contributed by atoms with Gasteiger partial charge in [0.15, 0.2) is 11.6 Å². The average Bonchev–Trinajstić information content (AvgIpc) is 2.99. The molecule has 0 saturated carbocycles. The highest BCUT2D eigenvalue weighted by Gasteiger charge is 2.14. The fourth-order valence-corrected chi connectivity index (χ4v) is 2.03. The van der Waals surface area contributed by atoms with E-state index in [1.165, 1.54) is 0 Å². The molecular formula is C15H16N6. The Morgan fingerprint density at radius 3 is 2.62 bits per heavy atom. The highest BCUT2D eigenvalue weighted by atomic mass is 15.4. The third-order valence-corrected chi connectivity index (χ3v) is 3.13. The molecule has 0 unspecified atom stereocenters. The highest BCUT2D eigenvalue weighted by molar-refractivity contribution is 5.58. The predicted octanol–water partition coefficient (Wildman–Crippen LogP) is 2.60. The number of aromatic nitrogens is 6. The minimum Gasteiger partial charge on any atom is -0.265 e. The smallest absolute Gasteiger partial charge is 0.181 e. The quantitative estimate of drug-likeness (QED) is 0.718. The van der Waals surface area contributed by atoms with E-state index in [0.717, 1.165) is 36.5 Å². The van der Waals surface area contributed by atoms with Crippen molar-refractivity contribution in [3.8, 4) is 22.9 Å².